The van der Waals surface area contributed by atoms with Crippen molar-refractivity contribution in [2.75, 3.05) is 13.2 Å². The predicted octanol–water partition coefficient (Wildman–Crippen LogP) is 2.13. The van der Waals surface area contributed by atoms with E-state index in [4.69, 9.17) is 0 Å². The summed E-state index contributed by atoms with van der Waals surface area (Å²) >= 11 is 0. The molecule has 0 aromatic rings. The van der Waals surface area contributed by atoms with E-state index in [0.29, 0.717) is 0 Å². The van der Waals surface area contributed by atoms with Crippen LogP contribution in [0.3, 0.4) is 0 Å². The molecule has 15 heavy (non-hydrogen) atoms. The van der Waals surface area contributed by atoms with E-state index in [1.807, 2.05) is 0 Å². The summed E-state index contributed by atoms with van der Waals surface area (Å²) in [5.41, 5.74) is 0. The van der Waals surface area contributed by atoms with Gasteiger partial charge in [-0.2, -0.15) is 26.3 Å². The van der Waals surface area contributed by atoms with Crippen molar-refractivity contribution in [3.63, 3.8) is 0 Å². The number of alkyl halides is 6. The average Bonchev–Trinajstić information content (AvgIpc) is 1.98. The van der Waals surface area contributed by atoms with Gasteiger partial charge in [0.2, 0.25) is 0 Å². The van der Waals surface area contributed by atoms with Crippen LogP contribution in [0.5, 0.6) is 0 Å². The Labute approximate surface area is 81.4 Å². The van der Waals surface area contributed by atoms with Gasteiger partial charge >= 0.3 is 12.4 Å². The molecule has 0 aliphatic rings. The van der Waals surface area contributed by atoms with Gasteiger partial charge in [0.1, 0.15) is 13.2 Å². The third-order valence-corrected chi connectivity index (χ3v) is 0.809. The molecule has 7 heteroatoms. The lowest BCUT2D eigenvalue weighted by Gasteiger charge is -1.94. The fourth-order valence-corrected chi connectivity index (χ4v) is 0.426. The number of halogens is 6. The van der Waals surface area contributed by atoms with Gasteiger partial charge in [0.15, 0.2) is 0 Å². The van der Waals surface area contributed by atoms with Crippen LogP contribution in [0, 0.1) is 23.7 Å². The van der Waals surface area contributed by atoms with Crippen LogP contribution < -0.4 is 0 Å². The molecule has 0 atom stereocenters. The zero-order valence-electron chi connectivity index (χ0n) is 7.09. The number of hydrogen-bond donors (Lipinski definition) is 0. The molecule has 0 saturated heterocycles. The lowest BCUT2D eigenvalue weighted by Crippen LogP contribution is -2.04. The van der Waals surface area contributed by atoms with E-state index in [-0.39, 0.29) is 0 Å². The zero-order chi connectivity index (χ0) is 11.9. The van der Waals surface area contributed by atoms with Crippen molar-refractivity contribution >= 4 is 0 Å². The molecule has 0 aliphatic carbocycles. The minimum Gasteiger partial charge on any atom is -0.356 e. The Kier molecular flexibility index (Phi) is 5.03. The lowest BCUT2D eigenvalue weighted by molar-refractivity contribution is -0.0706. The second-order valence-corrected chi connectivity index (χ2v) is 2.09. The lowest BCUT2D eigenvalue weighted by atomic mass is 10.5. The van der Waals surface area contributed by atoms with Gasteiger partial charge < -0.3 is 4.74 Å². The maximum absolute atomic E-state index is 11.4. The van der Waals surface area contributed by atoms with Crippen molar-refractivity contribution in [2.24, 2.45) is 0 Å². The molecule has 0 N–H and O–H groups in total. The van der Waals surface area contributed by atoms with Crippen LogP contribution in [-0.4, -0.2) is 25.6 Å². The highest BCUT2D eigenvalue weighted by Crippen LogP contribution is 2.12. The molecule has 0 radical (unpaired) electrons. The largest absolute Gasteiger partial charge is 0.457 e. The van der Waals surface area contributed by atoms with Crippen molar-refractivity contribution in [2.45, 2.75) is 12.4 Å². The van der Waals surface area contributed by atoms with Crippen molar-refractivity contribution in [3.05, 3.63) is 0 Å². The van der Waals surface area contributed by atoms with Gasteiger partial charge in [0.05, 0.1) is 0 Å². The first kappa shape index (κ1) is 13.7. The SMILES string of the molecule is FC(F)(F)C#CCOCC#CC(F)(F)F. The Morgan fingerprint density at radius 3 is 1.33 bits per heavy atom. The third-order valence-electron chi connectivity index (χ3n) is 0.809. The standard InChI is InChI=1S/C8H4F6O/c9-7(10,11)3-1-5-15-6-2-4-8(12,13)14/h5-6H2. The van der Waals surface area contributed by atoms with E-state index in [1.54, 1.807) is 11.8 Å². The molecule has 0 rings (SSSR count). The van der Waals surface area contributed by atoms with E-state index in [2.05, 4.69) is 4.74 Å². The summed E-state index contributed by atoms with van der Waals surface area (Å²) in [6, 6.07) is 0. The summed E-state index contributed by atoms with van der Waals surface area (Å²) in [5.74, 6) is 4.92. The highest BCUT2D eigenvalue weighted by Gasteiger charge is 2.23. The van der Waals surface area contributed by atoms with Crippen LogP contribution in [0.2, 0.25) is 0 Å². The molecule has 0 fully saturated rings. The Morgan fingerprint density at radius 2 is 1.07 bits per heavy atom. The molecule has 0 heterocycles. The van der Waals surface area contributed by atoms with Gasteiger partial charge in [0, 0.05) is 11.8 Å². The van der Waals surface area contributed by atoms with Gasteiger partial charge in [-0.3, -0.25) is 0 Å². The van der Waals surface area contributed by atoms with Crippen LogP contribution in [0.15, 0.2) is 0 Å². The molecule has 0 spiro atoms. The molecule has 0 aromatic heterocycles. The summed E-state index contributed by atoms with van der Waals surface area (Å²) < 4.78 is 72.6. The van der Waals surface area contributed by atoms with E-state index < -0.39 is 25.6 Å². The molecule has 0 aromatic carbocycles. The maximum Gasteiger partial charge on any atom is 0.457 e. The summed E-state index contributed by atoms with van der Waals surface area (Å²) in [5, 5.41) is 0. The van der Waals surface area contributed by atoms with Crippen LogP contribution in [0.4, 0.5) is 26.3 Å². The maximum atomic E-state index is 11.4. The summed E-state index contributed by atoms with van der Waals surface area (Å²) in [6.45, 7) is -1.24. The van der Waals surface area contributed by atoms with Gasteiger partial charge in [-0.15, -0.1) is 0 Å². The minimum atomic E-state index is -4.62. The molecule has 1 nitrogen and oxygen atoms in total. The Morgan fingerprint density at radius 1 is 0.733 bits per heavy atom. The second-order valence-electron chi connectivity index (χ2n) is 2.09. The molecule has 0 unspecified atom stereocenters. The monoisotopic (exact) mass is 230 g/mol. The van der Waals surface area contributed by atoms with E-state index >= 15 is 0 Å². The molecule has 0 aliphatic heterocycles. The fraction of sp³-hybridized carbons (Fsp3) is 0.500. The molecule has 84 valence electrons. The van der Waals surface area contributed by atoms with E-state index in [1.165, 1.54) is 0 Å². The highest BCUT2D eigenvalue weighted by atomic mass is 19.4. The second kappa shape index (κ2) is 5.52. The van der Waals surface area contributed by atoms with Crippen molar-refractivity contribution in [1.82, 2.24) is 0 Å². The van der Waals surface area contributed by atoms with E-state index in [0.717, 1.165) is 11.8 Å². The van der Waals surface area contributed by atoms with Gasteiger partial charge in [-0.25, -0.2) is 0 Å². The average molecular weight is 230 g/mol. The minimum absolute atomic E-state index is 0.619. The normalized spacial score (nSPS) is 11.1. The fourth-order valence-electron chi connectivity index (χ4n) is 0.426. The quantitative estimate of drug-likeness (QED) is 0.401. The number of hydrogen-bond acceptors (Lipinski definition) is 1. The van der Waals surface area contributed by atoms with Crippen LogP contribution in [0.25, 0.3) is 0 Å². The first-order valence-corrected chi connectivity index (χ1v) is 3.42. The third kappa shape index (κ3) is 12.7. The van der Waals surface area contributed by atoms with Gasteiger partial charge in [-0.1, -0.05) is 11.8 Å². The summed E-state index contributed by atoms with van der Waals surface area (Å²) in [6.07, 6.45) is -9.25. The number of ether oxygens (including phenoxy) is 1. The summed E-state index contributed by atoms with van der Waals surface area (Å²) in [4.78, 5) is 0. The molecular weight excluding hydrogens is 226 g/mol. The van der Waals surface area contributed by atoms with Crippen LogP contribution in [-0.2, 0) is 4.74 Å². The van der Waals surface area contributed by atoms with Crippen molar-refractivity contribution < 1.29 is 31.1 Å². The Hall–Kier alpha value is -1.34. The molecule has 0 amide bonds. The highest BCUT2D eigenvalue weighted by molar-refractivity contribution is 5.07. The Bertz CT molecular complexity index is 272. The Balaban J connectivity index is 3.72. The molecule has 0 bridgehead atoms. The summed E-state index contributed by atoms with van der Waals surface area (Å²) in [7, 11) is 0. The van der Waals surface area contributed by atoms with Crippen molar-refractivity contribution in [1.29, 1.82) is 0 Å². The number of rotatable bonds is 2. The first-order chi connectivity index (χ1) is 6.71. The first-order valence-electron chi connectivity index (χ1n) is 3.42. The van der Waals surface area contributed by atoms with Crippen molar-refractivity contribution in [3.8, 4) is 23.7 Å². The van der Waals surface area contributed by atoms with Gasteiger partial charge in [0.25, 0.3) is 0 Å². The van der Waals surface area contributed by atoms with E-state index in [9.17, 15) is 26.3 Å². The van der Waals surface area contributed by atoms with Gasteiger partial charge in [-0.05, 0) is 0 Å². The molecule has 0 saturated carbocycles. The zero-order valence-corrected chi connectivity index (χ0v) is 7.09. The van der Waals surface area contributed by atoms with Crippen LogP contribution >= 0.6 is 0 Å². The topological polar surface area (TPSA) is 9.23 Å². The molecular formula is C8H4F6O. The smallest absolute Gasteiger partial charge is 0.356 e. The van der Waals surface area contributed by atoms with Crippen LogP contribution in [0.1, 0.15) is 0 Å². The predicted molar refractivity (Wildman–Crippen MR) is 38.5 cm³/mol.